The summed E-state index contributed by atoms with van der Waals surface area (Å²) in [6.45, 7) is 0. The summed E-state index contributed by atoms with van der Waals surface area (Å²) >= 11 is 1.43. The van der Waals surface area contributed by atoms with Crippen LogP contribution in [0.15, 0.2) is 60.4 Å². The molecule has 1 amide bonds. The monoisotopic (exact) mass is 363 g/mol. The molecule has 0 aliphatic heterocycles. The number of aromatic nitrogens is 3. The smallest absolute Gasteiger partial charge is 0.419 e. The number of thiazole rings is 1. The zero-order valence-corrected chi connectivity index (χ0v) is 14.7. The molecular weight excluding hydrogens is 348 g/mol. The predicted molar refractivity (Wildman–Crippen MR) is 98.3 cm³/mol. The van der Waals surface area contributed by atoms with Crippen molar-refractivity contribution in [2.24, 2.45) is 0 Å². The second kappa shape index (κ2) is 6.62. The predicted octanol–water partition coefficient (Wildman–Crippen LogP) is 2.85. The van der Waals surface area contributed by atoms with Crippen molar-refractivity contribution in [2.45, 2.75) is 0 Å². The molecule has 0 aliphatic rings. The minimum Gasteiger partial charge on any atom is -0.419 e. The molecule has 0 radical (unpaired) electrons. The fraction of sp³-hybridized carbons (Fsp3) is 0.0526. The standard InChI is InChI=1S/C19H15N4O2S/c1-20-19(25)23-10-14(13-6-2-3-7-16(13)23)17(24)15-11-26-18(22-15)12-5-4-8-21-9-12/h2-11,24H,1H3,(H,20,25)/q-1. The third kappa shape index (κ3) is 2.73. The number of hydrogen-bond donors (Lipinski definition) is 2. The lowest BCUT2D eigenvalue weighted by Gasteiger charge is -2.16. The number of pyridine rings is 1. The second-order valence-corrected chi connectivity index (χ2v) is 6.47. The third-order valence-corrected chi connectivity index (χ3v) is 4.95. The van der Waals surface area contributed by atoms with E-state index >= 15 is 0 Å². The van der Waals surface area contributed by atoms with Gasteiger partial charge in [0.15, 0.2) is 11.3 Å². The van der Waals surface area contributed by atoms with E-state index in [-0.39, 0.29) is 12.1 Å². The van der Waals surface area contributed by atoms with Crippen LogP contribution in [0, 0.1) is 6.10 Å². The summed E-state index contributed by atoms with van der Waals surface area (Å²) in [5, 5.41) is 16.8. The van der Waals surface area contributed by atoms with E-state index in [0.29, 0.717) is 11.3 Å². The van der Waals surface area contributed by atoms with Crippen LogP contribution in [0.25, 0.3) is 21.5 Å². The van der Waals surface area contributed by atoms with Gasteiger partial charge < -0.3 is 10.1 Å². The number of aliphatic hydroxyl groups is 1. The Balaban J connectivity index is 1.76. The SMILES string of the molecule is CNC(=O)[n+]1cc([C-](O)c2c[s+][c-](-c3cccnc3)n2)c2cccc[c-]21. The Bertz CT molecular complexity index is 1070. The van der Waals surface area contributed by atoms with Gasteiger partial charge >= 0.3 is 6.03 Å². The molecule has 7 heteroatoms. The minimum absolute atomic E-state index is 0.0373. The van der Waals surface area contributed by atoms with Crippen molar-refractivity contribution in [2.75, 3.05) is 7.05 Å². The molecule has 0 aliphatic carbocycles. The molecule has 0 bridgehead atoms. The number of aliphatic hydroxyl groups excluding tert-OH is 1. The lowest BCUT2D eigenvalue weighted by molar-refractivity contribution is -0.541. The van der Waals surface area contributed by atoms with Crippen LogP contribution in [0.5, 0.6) is 0 Å². The fourth-order valence-corrected chi connectivity index (χ4v) is 3.59. The molecule has 130 valence electrons. The topological polar surface area (TPSA) is 79.0 Å². The molecule has 1 aromatic carbocycles. The van der Waals surface area contributed by atoms with Crippen LogP contribution in [0.4, 0.5) is 4.79 Å². The van der Waals surface area contributed by atoms with Crippen LogP contribution in [0.2, 0.25) is 0 Å². The highest BCUT2D eigenvalue weighted by Crippen LogP contribution is 2.31. The quantitative estimate of drug-likeness (QED) is 0.333. The average molecular weight is 363 g/mol. The third-order valence-electron chi connectivity index (χ3n) is 4.06. The Morgan fingerprint density at radius 2 is 2.23 bits per heavy atom. The van der Waals surface area contributed by atoms with Crippen molar-refractivity contribution in [3.05, 3.63) is 77.7 Å². The molecule has 3 heterocycles. The molecule has 0 saturated carbocycles. The summed E-state index contributed by atoms with van der Waals surface area (Å²) in [6, 6.07) is 10.9. The maximum atomic E-state index is 12.1. The van der Waals surface area contributed by atoms with Crippen LogP contribution in [0.3, 0.4) is 0 Å². The Kier molecular flexibility index (Phi) is 4.16. The first-order valence-electron chi connectivity index (χ1n) is 7.94. The molecule has 4 aromatic rings. The number of nitrogens with zero attached hydrogens (tertiary/aromatic N) is 3. The number of fused-ring (bicyclic) bond motifs is 1. The molecule has 26 heavy (non-hydrogen) atoms. The molecule has 0 atom stereocenters. The zero-order chi connectivity index (χ0) is 18.1. The van der Waals surface area contributed by atoms with Crippen molar-refractivity contribution < 1.29 is 14.5 Å². The molecule has 0 saturated heterocycles. The van der Waals surface area contributed by atoms with Crippen LogP contribution in [0.1, 0.15) is 11.3 Å². The maximum Gasteiger partial charge on any atom is 0.439 e. The highest BCUT2D eigenvalue weighted by molar-refractivity contribution is 7.13. The van der Waals surface area contributed by atoms with Crippen LogP contribution < -0.4 is 9.88 Å². The van der Waals surface area contributed by atoms with Crippen molar-refractivity contribution in [3.63, 3.8) is 0 Å². The first kappa shape index (κ1) is 16.3. The molecule has 0 unspecified atom stereocenters. The number of amides is 1. The maximum absolute atomic E-state index is 12.1. The summed E-state index contributed by atoms with van der Waals surface area (Å²) in [6.07, 6.45) is 5.10. The number of carbonyl (C=O) groups is 1. The summed E-state index contributed by atoms with van der Waals surface area (Å²) in [4.78, 5) is 20.7. The normalized spacial score (nSPS) is 10.8. The number of benzene rings is 1. The van der Waals surface area contributed by atoms with Gasteiger partial charge in [0.2, 0.25) is 5.01 Å². The fourth-order valence-electron chi connectivity index (χ4n) is 2.80. The average Bonchev–Trinajstić information content (AvgIpc) is 3.33. The number of nitrogens with one attached hydrogen (secondary N) is 1. The number of carbonyl (C=O) groups excluding carboxylic acids is 1. The first-order valence-corrected chi connectivity index (χ1v) is 8.81. The Morgan fingerprint density at radius 3 is 3.00 bits per heavy atom. The van der Waals surface area contributed by atoms with Gasteiger partial charge in [-0.05, 0) is 17.9 Å². The molecule has 3 aromatic heterocycles. The summed E-state index contributed by atoms with van der Waals surface area (Å²) in [5.74, 6) is 0. The largest absolute Gasteiger partial charge is 0.439 e. The van der Waals surface area contributed by atoms with Gasteiger partial charge in [0.1, 0.15) is 5.38 Å². The van der Waals surface area contributed by atoms with Crippen molar-refractivity contribution in [1.82, 2.24) is 15.3 Å². The Hall–Kier alpha value is -3.16. The van der Waals surface area contributed by atoms with E-state index in [1.807, 2.05) is 36.4 Å². The highest BCUT2D eigenvalue weighted by Gasteiger charge is 2.17. The van der Waals surface area contributed by atoms with Gasteiger partial charge in [-0.25, -0.2) is 4.79 Å². The van der Waals surface area contributed by atoms with Crippen LogP contribution in [-0.4, -0.2) is 28.2 Å². The Morgan fingerprint density at radius 1 is 1.35 bits per heavy atom. The Labute approximate surface area is 153 Å². The van der Waals surface area contributed by atoms with Gasteiger partial charge in [0.25, 0.3) is 0 Å². The number of rotatable bonds is 3. The summed E-state index contributed by atoms with van der Waals surface area (Å²) < 4.78 is 1.48. The summed E-state index contributed by atoms with van der Waals surface area (Å²) in [5.41, 5.74) is 2.64. The molecule has 4 rings (SSSR count). The molecule has 0 fully saturated rings. The zero-order valence-electron chi connectivity index (χ0n) is 13.9. The van der Waals surface area contributed by atoms with E-state index in [0.717, 1.165) is 21.5 Å². The van der Waals surface area contributed by atoms with Gasteiger partial charge in [-0.15, -0.1) is 29.1 Å². The molecule has 2 N–H and O–H groups in total. The molecular formula is C19H15N4O2S-. The van der Waals surface area contributed by atoms with E-state index < -0.39 is 0 Å². The van der Waals surface area contributed by atoms with E-state index in [1.165, 1.54) is 15.9 Å². The minimum atomic E-state index is -0.269. The van der Waals surface area contributed by atoms with Crippen LogP contribution >= 0.6 is 11.3 Å². The van der Waals surface area contributed by atoms with Gasteiger partial charge in [0.05, 0.1) is 7.05 Å². The first-order chi connectivity index (χ1) is 12.7. The molecule has 6 nitrogen and oxygen atoms in total. The lowest BCUT2D eigenvalue weighted by Crippen LogP contribution is -2.47. The second-order valence-electron chi connectivity index (χ2n) is 5.61. The van der Waals surface area contributed by atoms with Gasteiger partial charge in [0, 0.05) is 23.6 Å². The molecule has 0 spiro atoms. The van der Waals surface area contributed by atoms with Crippen molar-refractivity contribution >= 4 is 28.3 Å². The van der Waals surface area contributed by atoms with Gasteiger partial charge in [-0.2, -0.15) is 6.07 Å². The van der Waals surface area contributed by atoms with E-state index in [4.69, 9.17) is 0 Å². The van der Waals surface area contributed by atoms with Gasteiger partial charge in [-0.3, -0.25) is 14.9 Å². The van der Waals surface area contributed by atoms with Crippen molar-refractivity contribution in [1.29, 1.82) is 0 Å². The van der Waals surface area contributed by atoms with Crippen molar-refractivity contribution in [3.8, 4) is 10.6 Å². The summed E-state index contributed by atoms with van der Waals surface area (Å²) in [7, 11) is 1.57. The van der Waals surface area contributed by atoms with E-state index in [1.54, 1.807) is 31.0 Å². The van der Waals surface area contributed by atoms with Crippen LogP contribution in [-0.2, 0) is 0 Å². The number of para-hydroxylation sites is 1. The highest BCUT2D eigenvalue weighted by atomic mass is 32.1. The van der Waals surface area contributed by atoms with E-state index in [2.05, 4.69) is 15.3 Å². The van der Waals surface area contributed by atoms with Gasteiger partial charge in [-0.1, -0.05) is 12.1 Å². The number of hydrogen-bond acceptors (Lipinski definition) is 4. The van der Waals surface area contributed by atoms with E-state index in [9.17, 15) is 9.90 Å². The lowest BCUT2D eigenvalue weighted by atomic mass is 10.1.